The second-order valence-electron chi connectivity index (χ2n) is 5.90. The Morgan fingerprint density at radius 1 is 1.12 bits per heavy atom. The van der Waals surface area contributed by atoms with E-state index >= 15 is 0 Å². The van der Waals surface area contributed by atoms with Crippen molar-refractivity contribution in [2.24, 2.45) is 0 Å². The van der Waals surface area contributed by atoms with Crippen molar-refractivity contribution in [1.29, 1.82) is 0 Å². The van der Waals surface area contributed by atoms with Crippen molar-refractivity contribution in [2.75, 3.05) is 32.6 Å². The Morgan fingerprint density at radius 2 is 1.88 bits per heavy atom. The number of thioether (sulfide) groups is 1. The van der Waals surface area contributed by atoms with Crippen LogP contribution in [0, 0.1) is 0 Å². The number of hydrogen-bond donors (Lipinski definition) is 1. The first kappa shape index (κ1) is 18.5. The van der Waals surface area contributed by atoms with Gasteiger partial charge in [0.25, 0.3) is 0 Å². The van der Waals surface area contributed by atoms with Crippen LogP contribution in [0.3, 0.4) is 0 Å². The van der Waals surface area contributed by atoms with E-state index in [2.05, 4.69) is 17.4 Å². The van der Waals surface area contributed by atoms with Gasteiger partial charge in [-0.05, 0) is 48.7 Å². The van der Waals surface area contributed by atoms with Gasteiger partial charge in [-0.25, -0.2) is 0 Å². The third-order valence-corrected chi connectivity index (χ3v) is 5.00. The molecule has 3 rings (SSSR count). The van der Waals surface area contributed by atoms with Crippen molar-refractivity contribution in [1.82, 2.24) is 5.32 Å². The van der Waals surface area contributed by atoms with Gasteiger partial charge < -0.3 is 19.5 Å². The van der Waals surface area contributed by atoms with Gasteiger partial charge in [-0.15, -0.1) is 11.8 Å². The van der Waals surface area contributed by atoms with Crippen LogP contribution in [-0.2, 0) is 11.2 Å². The predicted octanol–water partition coefficient (Wildman–Crippen LogP) is 3.31. The molecule has 1 aliphatic rings. The SMILES string of the molecule is COc1ccc(CCCNC(=O)CSc2ccc3c(c2)OCCO3)cc1. The zero-order valence-electron chi connectivity index (χ0n) is 14.8. The van der Waals surface area contributed by atoms with Crippen molar-refractivity contribution < 1.29 is 19.0 Å². The van der Waals surface area contributed by atoms with Crippen molar-refractivity contribution in [3.8, 4) is 17.2 Å². The molecule has 6 heteroatoms. The molecule has 26 heavy (non-hydrogen) atoms. The molecule has 0 spiro atoms. The van der Waals surface area contributed by atoms with Crippen molar-refractivity contribution in [2.45, 2.75) is 17.7 Å². The standard InChI is InChI=1S/C20H23NO4S/c1-23-16-6-4-15(5-7-16)3-2-10-21-20(22)14-26-17-8-9-18-19(13-17)25-12-11-24-18/h4-9,13H,2-3,10-12,14H2,1H3,(H,21,22). The minimum Gasteiger partial charge on any atom is -0.497 e. The van der Waals surface area contributed by atoms with E-state index in [9.17, 15) is 4.79 Å². The molecule has 138 valence electrons. The molecule has 2 aromatic rings. The summed E-state index contributed by atoms with van der Waals surface area (Å²) in [5.74, 6) is 2.81. The highest BCUT2D eigenvalue weighted by Crippen LogP contribution is 2.34. The van der Waals surface area contributed by atoms with Gasteiger partial charge in [-0.2, -0.15) is 0 Å². The molecule has 1 amide bonds. The number of rotatable bonds is 8. The van der Waals surface area contributed by atoms with Crippen LogP contribution in [-0.4, -0.2) is 38.5 Å². The fourth-order valence-electron chi connectivity index (χ4n) is 2.63. The lowest BCUT2D eigenvalue weighted by Gasteiger charge is -2.18. The van der Waals surface area contributed by atoms with Crippen LogP contribution in [0.1, 0.15) is 12.0 Å². The quantitative estimate of drug-likeness (QED) is 0.568. The Balaban J connectivity index is 1.35. The number of nitrogens with one attached hydrogen (secondary N) is 1. The lowest BCUT2D eigenvalue weighted by molar-refractivity contribution is -0.118. The van der Waals surface area contributed by atoms with Crippen LogP contribution < -0.4 is 19.5 Å². The summed E-state index contributed by atoms with van der Waals surface area (Å²) < 4.78 is 16.2. The maximum absolute atomic E-state index is 12.0. The van der Waals surface area contributed by atoms with Crippen LogP contribution in [0.4, 0.5) is 0 Å². The van der Waals surface area contributed by atoms with E-state index in [1.54, 1.807) is 7.11 Å². The van der Waals surface area contributed by atoms with Gasteiger partial charge in [0.15, 0.2) is 11.5 Å². The average molecular weight is 373 g/mol. The normalized spacial score (nSPS) is 12.5. The van der Waals surface area contributed by atoms with E-state index < -0.39 is 0 Å². The highest BCUT2D eigenvalue weighted by atomic mass is 32.2. The molecular weight excluding hydrogens is 350 g/mol. The summed E-state index contributed by atoms with van der Waals surface area (Å²) in [6.07, 6.45) is 1.84. The minimum atomic E-state index is 0.0413. The molecule has 0 radical (unpaired) electrons. The summed E-state index contributed by atoms with van der Waals surface area (Å²) in [5.41, 5.74) is 1.24. The molecule has 0 saturated heterocycles. The second-order valence-corrected chi connectivity index (χ2v) is 6.94. The summed E-state index contributed by atoms with van der Waals surface area (Å²) in [5, 5.41) is 2.97. The predicted molar refractivity (Wildman–Crippen MR) is 102 cm³/mol. The highest BCUT2D eigenvalue weighted by Gasteiger charge is 2.12. The molecule has 1 heterocycles. The van der Waals surface area contributed by atoms with Crippen molar-refractivity contribution in [3.05, 3.63) is 48.0 Å². The molecule has 1 aliphatic heterocycles. The monoisotopic (exact) mass is 373 g/mol. The highest BCUT2D eigenvalue weighted by molar-refractivity contribution is 8.00. The topological polar surface area (TPSA) is 56.8 Å². The van der Waals surface area contributed by atoms with Crippen LogP contribution in [0.15, 0.2) is 47.4 Å². The third kappa shape index (κ3) is 5.33. The molecule has 1 N–H and O–H groups in total. The number of benzene rings is 2. The van der Waals surface area contributed by atoms with E-state index in [1.165, 1.54) is 17.3 Å². The summed E-state index contributed by atoms with van der Waals surface area (Å²) >= 11 is 1.50. The molecule has 5 nitrogen and oxygen atoms in total. The lowest BCUT2D eigenvalue weighted by atomic mass is 10.1. The van der Waals surface area contributed by atoms with E-state index in [-0.39, 0.29) is 5.91 Å². The summed E-state index contributed by atoms with van der Waals surface area (Å²) in [7, 11) is 1.66. The molecule has 0 atom stereocenters. The minimum absolute atomic E-state index is 0.0413. The first-order valence-electron chi connectivity index (χ1n) is 8.66. The van der Waals surface area contributed by atoms with E-state index in [1.807, 2.05) is 30.3 Å². The maximum atomic E-state index is 12.0. The molecular formula is C20H23NO4S. The number of fused-ring (bicyclic) bond motifs is 1. The zero-order chi connectivity index (χ0) is 18.2. The van der Waals surface area contributed by atoms with Gasteiger partial charge in [0, 0.05) is 11.4 Å². The van der Waals surface area contributed by atoms with Gasteiger partial charge >= 0.3 is 0 Å². The van der Waals surface area contributed by atoms with E-state index in [0.717, 1.165) is 35.0 Å². The summed E-state index contributed by atoms with van der Waals surface area (Å²) in [6.45, 7) is 1.82. The molecule has 0 fully saturated rings. The number of ether oxygens (including phenoxy) is 3. The molecule has 0 unspecified atom stereocenters. The molecule has 0 bridgehead atoms. The Hall–Kier alpha value is -2.34. The van der Waals surface area contributed by atoms with E-state index in [0.29, 0.717) is 25.5 Å². The Bertz CT molecular complexity index is 733. The number of amides is 1. The fraction of sp³-hybridized carbons (Fsp3) is 0.350. The lowest BCUT2D eigenvalue weighted by Crippen LogP contribution is -2.26. The molecule has 0 saturated carbocycles. The first-order valence-corrected chi connectivity index (χ1v) is 9.65. The van der Waals surface area contributed by atoms with Crippen LogP contribution in [0.5, 0.6) is 17.2 Å². The van der Waals surface area contributed by atoms with Gasteiger partial charge in [0.1, 0.15) is 19.0 Å². The summed E-state index contributed by atoms with van der Waals surface area (Å²) in [6, 6.07) is 13.8. The number of carbonyl (C=O) groups excluding carboxylic acids is 1. The fourth-order valence-corrected chi connectivity index (χ4v) is 3.38. The van der Waals surface area contributed by atoms with Gasteiger partial charge in [-0.3, -0.25) is 4.79 Å². The van der Waals surface area contributed by atoms with Gasteiger partial charge in [0.05, 0.1) is 12.9 Å². The Labute approximate surface area is 158 Å². The molecule has 0 aliphatic carbocycles. The largest absolute Gasteiger partial charge is 0.497 e. The van der Waals surface area contributed by atoms with Crippen LogP contribution in [0.2, 0.25) is 0 Å². The maximum Gasteiger partial charge on any atom is 0.230 e. The average Bonchev–Trinajstić information content (AvgIpc) is 2.70. The number of methoxy groups -OCH3 is 1. The number of hydrogen-bond acceptors (Lipinski definition) is 5. The zero-order valence-corrected chi connectivity index (χ0v) is 15.6. The van der Waals surface area contributed by atoms with Crippen molar-refractivity contribution >= 4 is 17.7 Å². The smallest absolute Gasteiger partial charge is 0.230 e. The summed E-state index contributed by atoms with van der Waals surface area (Å²) in [4.78, 5) is 13.0. The first-order chi connectivity index (χ1) is 12.7. The number of aryl methyl sites for hydroxylation is 1. The van der Waals surface area contributed by atoms with E-state index in [4.69, 9.17) is 14.2 Å². The van der Waals surface area contributed by atoms with Crippen LogP contribution >= 0.6 is 11.8 Å². The van der Waals surface area contributed by atoms with Gasteiger partial charge in [0.2, 0.25) is 5.91 Å². The van der Waals surface area contributed by atoms with Crippen LogP contribution in [0.25, 0.3) is 0 Å². The Morgan fingerprint density at radius 3 is 2.65 bits per heavy atom. The number of carbonyl (C=O) groups is 1. The van der Waals surface area contributed by atoms with Crippen molar-refractivity contribution in [3.63, 3.8) is 0 Å². The third-order valence-electron chi connectivity index (χ3n) is 4.01. The molecule has 2 aromatic carbocycles. The Kier molecular flexibility index (Phi) is 6.66. The molecule has 0 aromatic heterocycles. The second kappa shape index (κ2) is 9.38. The van der Waals surface area contributed by atoms with Gasteiger partial charge in [-0.1, -0.05) is 12.1 Å².